The van der Waals surface area contributed by atoms with Gasteiger partial charge < -0.3 is 19.7 Å². The van der Waals surface area contributed by atoms with Gasteiger partial charge in [0, 0.05) is 6.61 Å². The predicted octanol–water partition coefficient (Wildman–Crippen LogP) is 6.08. The highest BCUT2D eigenvalue weighted by Gasteiger charge is 2.71. The molecule has 0 spiro atoms. The summed E-state index contributed by atoms with van der Waals surface area (Å²) in [6.07, 6.45) is 0. The minimum Gasteiger partial charge on any atom is -0.508 e. The molecule has 0 heterocycles. The zero-order valence-electron chi connectivity index (χ0n) is 18.1. The summed E-state index contributed by atoms with van der Waals surface area (Å²) in [6, 6.07) is 11.6. The molecule has 1 atom stereocenters. The normalized spacial score (nSPS) is 13.0. The summed E-state index contributed by atoms with van der Waals surface area (Å²) >= 11 is 5.01. The molecule has 34 heavy (non-hydrogen) atoms. The average Bonchev–Trinajstić information content (AvgIpc) is 2.77. The van der Waals surface area contributed by atoms with Crippen molar-refractivity contribution in [2.75, 3.05) is 19.8 Å². The van der Waals surface area contributed by atoms with Crippen LogP contribution in [0.3, 0.4) is 0 Å². The SMILES string of the molecule is CC(Cl)C(=O)O.CCOCC(F)(F)C(F)(F)C(F)(F)COc1ccc(-c2ccc(O)cc2)cc1. The van der Waals surface area contributed by atoms with E-state index in [1.165, 1.54) is 50.2 Å². The second-order valence-corrected chi connectivity index (χ2v) is 7.59. The van der Waals surface area contributed by atoms with Gasteiger partial charge in [-0.3, -0.25) is 4.79 Å². The predicted molar refractivity (Wildman–Crippen MR) is 113 cm³/mol. The van der Waals surface area contributed by atoms with E-state index < -0.39 is 42.3 Å². The van der Waals surface area contributed by atoms with Crippen LogP contribution in [0.4, 0.5) is 26.3 Å². The lowest BCUT2D eigenvalue weighted by atomic mass is 10.1. The fraction of sp³-hybridized carbons (Fsp3) is 0.409. The maximum atomic E-state index is 13.8. The first-order chi connectivity index (χ1) is 15.6. The Bertz CT molecular complexity index is 905. The van der Waals surface area contributed by atoms with Crippen molar-refractivity contribution in [1.82, 2.24) is 0 Å². The highest BCUT2D eigenvalue weighted by molar-refractivity contribution is 6.29. The number of carbonyl (C=O) groups is 1. The molecule has 1 unspecified atom stereocenters. The summed E-state index contributed by atoms with van der Waals surface area (Å²) in [5, 5.41) is 16.4. The van der Waals surface area contributed by atoms with E-state index in [0.29, 0.717) is 11.1 Å². The van der Waals surface area contributed by atoms with Crippen molar-refractivity contribution in [3.8, 4) is 22.6 Å². The van der Waals surface area contributed by atoms with Crippen LogP contribution >= 0.6 is 11.6 Å². The van der Waals surface area contributed by atoms with Gasteiger partial charge in [-0.25, -0.2) is 0 Å². The van der Waals surface area contributed by atoms with Crippen LogP contribution in [0.2, 0.25) is 0 Å². The van der Waals surface area contributed by atoms with Crippen LogP contribution in [0.5, 0.6) is 11.5 Å². The third-order valence-corrected chi connectivity index (χ3v) is 4.41. The number of aliphatic carboxylic acids is 1. The lowest BCUT2D eigenvalue weighted by Gasteiger charge is -2.32. The smallest absolute Gasteiger partial charge is 0.377 e. The number of aromatic hydroxyl groups is 1. The first kappa shape index (κ1) is 29.4. The number of ether oxygens (including phenoxy) is 2. The number of alkyl halides is 7. The Labute approximate surface area is 196 Å². The van der Waals surface area contributed by atoms with E-state index >= 15 is 0 Å². The first-order valence-electron chi connectivity index (χ1n) is 9.75. The van der Waals surface area contributed by atoms with Crippen LogP contribution in [0.25, 0.3) is 11.1 Å². The monoisotopic (exact) mass is 516 g/mol. The van der Waals surface area contributed by atoms with Gasteiger partial charge in [0.15, 0.2) is 6.61 Å². The standard InChI is InChI=1S/C19H18F6O3.C3H5ClO2/c1-2-27-11-17(20,21)19(24,25)18(22,23)12-28-16-9-5-14(6-10-16)13-3-7-15(26)8-4-13;1-2(4)3(5)6/h3-10,26H,2,11-12H2,1H3;2H,1H3,(H,5,6). The summed E-state index contributed by atoms with van der Waals surface area (Å²) in [6.45, 7) is -1.39. The van der Waals surface area contributed by atoms with E-state index in [-0.39, 0.29) is 18.1 Å². The molecule has 0 saturated carbocycles. The molecule has 2 N–H and O–H groups in total. The Balaban J connectivity index is 0.000000852. The van der Waals surface area contributed by atoms with Crippen LogP contribution in [0.1, 0.15) is 13.8 Å². The van der Waals surface area contributed by atoms with Crippen molar-refractivity contribution in [3.63, 3.8) is 0 Å². The third kappa shape index (κ3) is 7.98. The number of phenolic OH excluding ortho intramolecular Hbond substituents is 1. The molecular weight excluding hydrogens is 494 g/mol. The van der Waals surface area contributed by atoms with E-state index in [4.69, 9.17) is 16.7 Å². The number of carboxylic acids is 1. The Morgan fingerprint density at radius 2 is 1.32 bits per heavy atom. The second-order valence-electron chi connectivity index (χ2n) is 6.93. The molecule has 2 rings (SSSR count). The van der Waals surface area contributed by atoms with Crippen molar-refractivity contribution in [3.05, 3.63) is 48.5 Å². The van der Waals surface area contributed by atoms with E-state index in [1.807, 2.05) is 0 Å². The minimum absolute atomic E-state index is 0.0630. The zero-order valence-corrected chi connectivity index (χ0v) is 18.8. The van der Waals surface area contributed by atoms with Crippen molar-refractivity contribution >= 4 is 17.6 Å². The van der Waals surface area contributed by atoms with Crippen LogP contribution in [0, 0.1) is 0 Å². The van der Waals surface area contributed by atoms with Crippen LogP contribution in [0.15, 0.2) is 48.5 Å². The summed E-state index contributed by atoms with van der Waals surface area (Å²) in [5.74, 6) is -16.9. The van der Waals surface area contributed by atoms with Gasteiger partial charge in [-0.2, -0.15) is 26.3 Å². The van der Waals surface area contributed by atoms with Gasteiger partial charge in [0.2, 0.25) is 0 Å². The summed E-state index contributed by atoms with van der Waals surface area (Å²) in [4.78, 5) is 9.57. The van der Waals surface area contributed by atoms with Gasteiger partial charge in [0.1, 0.15) is 23.5 Å². The molecule has 2 aromatic rings. The topological polar surface area (TPSA) is 76.0 Å². The van der Waals surface area contributed by atoms with Crippen LogP contribution in [-0.4, -0.2) is 59.1 Å². The van der Waals surface area contributed by atoms with Gasteiger partial charge in [-0.1, -0.05) is 24.3 Å². The molecule has 0 aliphatic heterocycles. The Kier molecular flexibility index (Phi) is 10.5. The molecule has 0 aliphatic rings. The molecule has 0 aliphatic carbocycles. The van der Waals surface area contributed by atoms with Gasteiger partial charge in [-0.05, 0) is 49.2 Å². The fourth-order valence-electron chi connectivity index (χ4n) is 2.25. The number of phenols is 1. The molecule has 0 saturated heterocycles. The Hall–Kier alpha value is -2.66. The van der Waals surface area contributed by atoms with Crippen molar-refractivity contribution in [2.24, 2.45) is 0 Å². The number of hydrogen-bond acceptors (Lipinski definition) is 4. The van der Waals surface area contributed by atoms with Gasteiger partial charge >= 0.3 is 23.7 Å². The fourth-order valence-corrected chi connectivity index (χ4v) is 2.25. The third-order valence-electron chi connectivity index (χ3n) is 4.22. The van der Waals surface area contributed by atoms with Crippen LogP contribution in [-0.2, 0) is 9.53 Å². The lowest BCUT2D eigenvalue weighted by Crippen LogP contribution is -2.58. The zero-order chi connectivity index (χ0) is 26.2. The number of rotatable bonds is 10. The maximum absolute atomic E-state index is 13.8. The van der Waals surface area contributed by atoms with Gasteiger partial charge in [-0.15, -0.1) is 11.6 Å². The number of benzene rings is 2. The number of carboxylic acid groups (broad SMARTS) is 1. The molecule has 190 valence electrons. The van der Waals surface area contributed by atoms with Gasteiger partial charge in [0.05, 0.1) is 0 Å². The van der Waals surface area contributed by atoms with Crippen molar-refractivity contribution in [1.29, 1.82) is 0 Å². The molecule has 5 nitrogen and oxygen atoms in total. The van der Waals surface area contributed by atoms with E-state index in [1.54, 1.807) is 12.1 Å². The highest BCUT2D eigenvalue weighted by Crippen LogP contribution is 2.46. The largest absolute Gasteiger partial charge is 0.508 e. The van der Waals surface area contributed by atoms with Crippen molar-refractivity contribution in [2.45, 2.75) is 37.0 Å². The molecule has 12 heteroatoms. The van der Waals surface area contributed by atoms with Crippen molar-refractivity contribution < 1.29 is 50.8 Å². The minimum atomic E-state index is -5.65. The second kappa shape index (κ2) is 12.2. The lowest BCUT2D eigenvalue weighted by molar-refractivity contribution is -0.324. The Morgan fingerprint density at radius 3 is 1.74 bits per heavy atom. The highest BCUT2D eigenvalue weighted by atomic mass is 35.5. The molecule has 0 radical (unpaired) electrons. The summed E-state index contributed by atoms with van der Waals surface area (Å²) < 4.78 is 90.5. The maximum Gasteiger partial charge on any atom is 0.377 e. The molecule has 0 fully saturated rings. The Morgan fingerprint density at radius 1 is 0.912 bits per heavy atom. The van der Waals surface area contributed by atoms with E-state index in [9.17, 15) is 36.2 Å². The molecule has 0 bridgehead atoms. The van der Waals surface area contributed by atoms with Gasteiger partial charge in [0.25, 0.3) is 0 Å². The molecule has 2 aromatic carbocycles. The summed E-state index contributed by atoms with van der Waals surface area (Å²) in [5.41, 5.74) is 1.35. The molecule has 0 amide bonds. The number of halogens is 7. The first-order valence-corrected chi connectivity index (χ1v) is 10.2. The quantitative estimate of drug-likeness (QED) is 0.296. The van der Waals surface area contributed by atoms with E-state index in [0.717, 1.165) is 0 Å². The molecular formula is C22H23ClF6O5. The molecule has 0 aromatic heterocycles. The number of hydrogen-bond donors (Lipinski definition) is 2. The average molecular weight is 517 g/mol. The van der Waals surface area contributed by atoms with Crippen LogP contribution < -0.4 is 4.74 Å². The van der Waals surface area contributed by atoms with E-state index in [2.05, 4.69) is 9.47 Å². The summed E-state index contributed by atoms with van der Waals surface area (Å²) in [7, 11) is 0.